The second-order valence-electron chi connectivity index (χ2n) is 6.44. The number of aliphatic hydroxyl groups excluding tert-OH is 1. The van der Waals surface area contributed by atoms with Crippen LogP contribution in [-0.4, -0.2) is 27.6 Å². The summed E-state index contributed by atoms with van der Waals surface area (Å²) in [4.78, 5) is 0. The van der Waals surface area contributed by atoms with Crippen LogP contribution in [0.2, 0.25) is 0 Å². The number of nitrogens with one attached hydrogen (secondary N) is 1. The number of rotatable bonds is 8. The summed E-state index contributed by atoms with van der Waals surface area (Å²) in [7, 11) is 0. The number of aryl methyl sites for hydroxylation is 1. The zero-order chi connectivity index (χ0) is 17.7. The van der Waals surface area contributed by atoms with Crippen molar-refractivity contribution in [3.05, 3.63) is 46.8 Å². The molecule has 2 rings (SSSR count). The molecule has 0 saturated carbocycles. The molecule has 0 aliphatic rings. The van der Waals surface area contributed by atoms with Crippen molar-refractivity contribution < 1.29 is 9.84 Å². The summed E-state index contributed by atoms with van der Waals surface area (Å²) in [5.41, 5.74) is 4.52. The Morgan fingerprint density at radius 1 is 1.25 bits per heavy atom. The van der Waals surface area contributed by atoms with E-state index in [1.54, 1.807) is 0 Å². The Morgan fingerprint density at radius 3 is 2.67 bits per heavy atom. The number of nitrogens with zero attached hydrogens (tertiary/aromatic N) is 2. The predicted molar refractivity (Wildman–Crippen MR) is 96.2 cm³/mol. The van der Waals surface area contributed by atoms with Gasteiger partial charge in [0, 0.05) is 23.8 Å². The van der Waals surface area contributed by atoms with Crippen molar-refractivity contribution >= 4 is 0 Å². The van der Waals surface area contributed by atoms with Crippen LogP contribution in [0.1, 0.15) is 49.3 Å². The Morgan fingerprint density at radius 2 is 2.00 bits per heavy atom. The molecule has 0 saturated heterocycles. The van der Waals surface area contributed by atoms with Gasteiger partial charge < -0.3 is 15.2 Å². The smallest absolute Gasteiger partial charge is 0.120 e. The summed E-state index contributed by atoms with van der Waals surface area (Å²) >= 11 is 0. The number of ether oxygens (including phenoxy) is 1. The van der Waals surface area contributed by atoms with Crippen LogP contribution in [0.5, 0.6) is 5.75 Å². The third-order valence-corrected chi connectivity index (χ3v) is 4.16. The Hall–Kier alpha value is -1.85. The number of aromatic nitrogens is 2. The maximum Gasteiger partial charge on any atom is 0.120 e. The molecule has 0 amide bonds. The first-order valence-corrected chi connectivity index (χ1v) is 8.56. The second kappa shape index (κ2) is 8.31. The summed E-state index contributed by atoms with van der Waals surface area (Å²) in [6, 6.07) is 8.43. The van der Waals surface area contributed by atoms with Gasteiger partial charge in [-0.05, 0) is 52.3 Å². The first kappa shape index (κ1) is 18.5. The Balaban J connectivity index is 2.04. The molecule has 24 heavy (non-hydrogen) atoms. The van der Waals surface area contributed by atoms with Crippen LogP contribution in [0.25, 0.3) is 0 Å². The lowest BCUT2D eigenvalue weighted by Gasteiger charge is -2.17. The molecule has 1 heterocycles. The van der Waals surface area contributed by atoms with Crippen molar-refractivity contribution in [2.75, 3.05) is 6.61 Å². The average Bonchev–Trinajstić information content (AvgIpc) is 2.79. The molecule has 5 nitrogen and oxygen atoms in total. The van der Waals surface area contributed by atoms with E-state index in [1.165, 1.54) is 11.1 Å². The number of hydrogen-bond acceptors (Lipinski definition) is 4. The lowest BCUT2D eigenvalue weighted by atomic mass is 10.1. The van der Waals surface area contributed by atoms with Crippen LogP contribution in [0, 0.1) is 13.8 Å². The number of benzene rings is 1. The summed E-state index contributed by atoms with van der Waals surface area (Å²) in [5, 5.41) is 17.2. The minimum Gasteiger partial charge on any atom is -0.491 e. The lowest BCUT2D eigenvalue weighted by molar-refractivity contribution is 0.242. The molecule has 0 fully saturated rings. The minimum atomic E-state index is 0.105. The fraction of sp³-hybridized carbons (Fsp3) is 0.526. The van der Waals surface area contributed by atoms with Gasteiger partial charge >= 0.3 is 0 Å². The molecule has 0 bridgehead atoms. The van der Waals surface area contributed by atoms with Gasteiger partial charge in [-0.15, -0.1) is 0 Å². The van der Waals surface area contributed by atoms with Crippen LogP contribution >= 0.6 is 0 Å². The quantitative estimate of drug-likeness (QED) is 0.780. The van der Waals surface area contributed by atoms with Gasteiger partial charge in [0.1, 0.15) is 5.75 Å². The monoisotopic (exact) mass is 331 g/mol. The van der Waals surface area contributed by atoms with Gasteiger partial charge in [-0.1, -0.05) is 12.1 Å². The maximum atomic E-state index is 9.11. The molecule has 1 aromatic heterocycles. The van der Waals surface area contributed by atoms with Crippen LogP contribution < -0.4 is 10.1 Å². The average molecular weight is 331 g/mol. The molecule has 0 aliphatic carbocycles. The fourth-order valence-electron chi connectivity index (χ4n) is 2.80. The van der Waals surface area contributed by atoms with Gasteiger partial charge in [0.25, 0.3) is 0 Å². The highest BCUT2D eigenvalue weighted by atomic mass is 16.5. The lowest BCUT2D eigenvalue weighted by Crippen LogP contribution is -2.19. The number of aliphatic hydroxyl groups is 1. The summed E-state index contributed by atoms with van der Waals surface area (Å²) in [6.07, 6.45) is 0.172. The summed E-state index contributed by atoms with van der Waals surface area (Å²) in [6.45, 7) is 11.7. The molecule has 0 radical (unpaired) electrons. The summed E-state index contributed by atoms with van der Waals surface area (Å²) < 4.78 is 7.64. The van der Waals surface area contributed by atoms with E-state index in [-0.39, 0.29) is 18.8 Å². The van der Waals surface area contributed by atoms with E-state index < -0.39 is 0 Å². The molecular weight excluding hydrogens is 302 g/mol. The highest BCUT2D eigenvalue weighted by Crippen LogP contribution is 2.21. The third-order valence-electron chi connectivity index (χ3n) is 4.16. The van der Waals surface area contributed by atoms with E-state index in [0.717, 1.165) is 23.7 Å². The molecule has 0 spiro atoms. The molecule has 5 heteroatoms. The zero-order valence-electron chi connectivity index (χ0n) is 15.3. The van der Waals surface area contributed by atoms with E-state index in [9.17, 15) is 0 Å². The molecule has 1 atom stereocenters. The maximum absolute atomic E-state index is 9.11. The molecule has 132 valence electrons. The highest BCUT2D eigenvalue weighted by Gasteiger charge is 2.13. The van der Waals surface area contributed by atoms with Crippen LogP contribution in [0.4, 0.5) is 0 Å². The van der Waals surface area contributed by atoms with Crippen molar-refractivity contribution in [2.24, 2.45) is 0 Å². The van der Waals surface area contributed by atoms with Gasteiger partial charge in [0.2, 0.25) is 0 Å². The molecule has 2 N–H and O–H groups in total. The van der Waals surface area contributed by atoms with Gasteiger partial charge in [-0.2, -0.15) is 5.10 Å². The third kappa shape index (κ3) is 4.58. The van der Waals surface area contributed by atoms with E-state index in [2.05, 4.69) is 36.4 Å². The van der Waals surface area contributed by atoms with E-state index in [0.29, 0.717) is 6.54 Å². The van der Waals surface area contributed by atoms with Crippen molar-refractivity contribution in [2.45, 2.75) is 59.9 Å². The Labute approximate surface area is 144 Å². The standard InChI is InChI=1S/C19H29N3O2/c1-13(2)24-18-8-6-7-17(11-18)14(3)20-12-19-15(4)21-22(9-10-23)16(19)5/h6-8,11,13-14,20,23H,9-10,12H2,1-5H3. The molecule has 1 aromatic carbocycles. The first-order chi connectivity index (χ1) is 11.4. The fourth-order valence-corrected chi connectivity index (χ4v) is 2.80. The second-order valence-corrected chi connectivity index (χ2v) is 6.44. The largest absolute Gasteiger partial charge is 0.491 e. The molecule has 0 aliphatic heterocycles. The number of hydrogen-bond donors (Lipinski definition) is 2. The molecular formula is C19H29N3O2. The van der Waals surface area contributed by atoms with E-state index >= 15 is 0 Å². The van der Waals surface area contributed by atoms with Crippen LogP contribution in [0.15, 0.2) is 24.3 Å². The van der Waals surface area contributed by atoms with Gasteiger partial charge in [0.15, 0.2) is 0 Å². The van der Waals surface area contributed by atoms with Crippen molar-refractivity contribution in [1.82, 2.24) is 15.1 Å². The van der Waals surface area contributed by atoms with E-state index in [4.69, 9.17) is 9.84 Å². The molecule has 2 aromatic rings. The van der Waals surface area contributed by atoms with Crippen LogP contribution in [0.3, 0.4) is 0 Å². The van der Waals surface area contributed by atoms with Crippen molar-refractivity contribution in [3.8, 4) is 5.75 Å². The molecule has 1 unspecified atom stereocenters. The normalized spacial score (nSPS) is 12.6. The van der Waals surface area contributed by atoms with Crippen LogP contribution in [-0.2, 0) is 13.1 Å². The SMILES string of the molecule is Cc1nn(CCO)c(C)c1CNC(C)c1cccc(OC(C)C)c1. The van der Waals surface area contributed by atoms with Crippen molar-refractivity contribution in [1.29, 1.82) is 0 Å². The Bertz CT molecular complexity index is 665. The highest BCUT2D eigenvalue weighted by molar-refractivity contribution is 5.31. The Kier molecular flexibility index (Phi) is 6.40. The zero-order valence-corrected chi connectivity index (χ0v) is 15.3. The van der Waals surface area contributed by atoms with Gasteiger partial charge in [-0.25, -0.2) is 0 Å². The van der Waals surface area contributed by atoms with Crippen molar-refractivity contribution in [3.63, 3.8) is 0 Å². The summed E-state index contributed by atoms with van der Waals surface area (Å²) in [5.74, 6) is 0.902. The topological polar surface area (TPSA) is 59.3 Å². The minimum absolute atomic E-state index is 0.105. The van der Waals surface area contributed by atoms with Gasteiger partial charge in [-0.3, -0.25) is 4.68 Å². The van der Waals surface area contributed by atoms with Gasteiger partial charge in [0.05, 0.1) is 24.9 Å². The first-order valence-electron chi connectivity index (χ1n) is 8.56. The predicted octanol–water partition coefficient (Wildman–Crippen LogP) is 3.13. The van der Waals surface area contributed by atoms with E-state index in [1.807, 2.05) is 37.6 Å².